The molecular weight excluding hydrogens is 1170 g/mol. The molecule has 84 heavy (non-hydrogen) atoms. The Morgan fingerprint density at radius 3 is 1.12 bits per heavy atom. The number of amidine groups is 2. The van der Waals surface area contributed by atoms with Crippen LogP contribution in [-0.4, -0.2) is 93.8 Å². The fourth-order valence-electron chi connectivity index (χ4n) is 9.88. The summed E-state index contributed by atoms with van der Waals surface area (Å²) in [6.07, 6.45) is 19.0. The van der Waals surface area contributed by atoms with E-state index in [-0.39, 0.29) is 16.9 Å². The maximum Gasteiger partial charge on any atom is 0.294 e. The van der Waals surface area contributed by atoms with Crippen molar-refractivity contribution in [1.82, 2.24) is 10.6 Å². The number of para-hydroxylation sites is 2. The molecule has 5 aromatic carbocycles. The van der Waals surface area contributed by atoms with Crippen molar-refractivity contribution in [3.8, 4) is 5.75 Å². The second-order valence-electron chi connectivity index (χ2n) is 20.3. The molecule has 27 heteroatoms. The Morgan fingerprint density at radius 1 is 0.476 bits per heavy atom. The molecule has 0 aliphatic carbocycles. The van der Waals surface area contributed by atoms with Crippen LogP contribution in [0.3, 0.4) is 0 Å². The average molecular weight is 1240 g/mol. The number of carbonyl (C=O) groups excluding carboxylic acids is 4. The summed E-state index contributed by atoms with van der Waals surface area (Å²) in [5.41, 5.74) is -1.20. The number of hydrogen-bond donors (Lipinski definition) is 6. The van der Waals surface area contributed by atoms with Crippen molar-refractivity contribution >= 4 is 87.1 Å². The number of rotatable bonds is 29. The van der Waals surface area contributed by atoms with Crippen molar-refractivity contribution in [3.05, 3.63) is 138 Å². The largest absolute Gasteiger partial charge is 0.494 e. The van der Waals surface area contributed by atoms with Crippen LogP contribution in [-0.2, 0) is 50.1 Å². The van der Waals surface area contributed by atoms with Gasteiger partial charge in [0.1, 0.15) is 29.3 Å². The first-order valence-corrected chi connectivity index (χ1v) is 33.1. The van der Waals surface area contributed by atoms with E-state index in [1.54, 1.807) is 48.5 Å². The summed E-state index contributed by atoms with van der Waals surface area (Å²) in [5, 5.41) is 15.6. The Bertz CT molecular complexity index is 3420. The second-order valence-corrected chi connectivity index (χ2v) is 26.0. The van der Waals surface area contributed by atoms with Crippen LogP contribution in [0, 0.1) is 11.8 Å². The van der Waals surface area contributed by atoms with E-state index >= 15 is 9.59 Å². The zero-order chi connectivity index (χ0) is 60.8. The Hall–Kier alpha value is -7.24. The molecule has 0 aromatic heterocycles. The SMILES string of the molecule is CCCCCCCCCCCCCCCCCCOc1ccc(C(C2C(=O)N(c3ccccc3)N=C2NC(=O)c2cc(S(=O)(=O)O)cc(S(=O)(=O)O)c2)C2C(=O)N(c3ccccc3)N=C2NC(=O)c2cc(S(=O)(=O)O)cc(S(=O)(=O)O)c2)cc1. The number of anilines is 2. The lowest BCUT2D eigenvalue weighted by Crippen LogP contribution is -2.47. The van der Waals surface area contributed by atoms with Gasteiger partial charge in [0.2, 0.25) is 0 Å². The summed E-state index contributed by atoms with van der Waals surface area (Å²) in [6, 6.07) is 24.6. The predicted octanol–water partition coefficient (Wildman–Crippen LogP) is 9.21. The molecule has 450 valence electrons. The summed E-state index contributed by atoms with van der Waals surface area (Å²) in [5.74, 6) is -10.5. The number of hydrazone groups is 2. The monoisotopic (exact) mass is 1230 g/mol. The third kappa shape index (κ3) is 17.2. The zero-order valence-corrected chi connectivity index (χ0v) is 49.1. The zero-order valence-electron chi connectivity index (χ0n) is 45.8. The minimum Gasteiger partial charge on any atom is -0.494 e. The lowest BCUT2D eigenvalue weighted by atomic mass is 9.74. The summed E-state index contributed by atoms with van der Waals surface area (Å²) < 4.78 is 144. The molecule has 2 aliphatic rings. The molecule has 2 atom stereocenters. The highest BCUT2D eigenvalue weighted by atomic mass is 32.2. The van der Waals surface area contributed by atoms with Crippen molar-refractivity contribution in [2.24, 2.45) is 22.0 Å². The molecule has 4 amide bonds. The van der Waals surface area contributed by atoms with E-state index in [1.165, 1.54) is 107 Å². The summed E-state index contributed by atoms with van der Waals surface area (Å²) in [4.78, 5) is 54.9. The van der Waals surface area contributed by atoms with Gasteiger partial charge in [0.15, 0.2) is 0 Å². The molecule has 0 radical (unpaired) electrons. The van der Waals surface area contributed by atoms with Crippen LogP contribution >= 0.6 is 0 Å². The molecule has 5 aromatic rings. The Morgan fingerprint density at radius 2 is 0.798 bits per heavy atom. The molecule has 23 nitrogen and oxygen atoms in total. The van der Waals surface area contributed by atoms with Crippen molar-refractivity contribution < 1.29 is 75.8 Å². The fraction of sp³-hybridized carbons (Fsp3) is 0.368. The van der Waals surface area contributed by atoms with Crippen molar-refractivity contribution in [3.63, 3.8) is 0 Å². The number of carbonyl (C=O) groups is 4. The smallest absolute Gasteiger partial charge is 0.294 e. The van der Waals surface area contributed by atoms with E-state index in [2.05, 4.69) is 27.8 Å². The molecule has 0 bridgehead atoms. The van der Waals surface area contributed by atoms with Crippen molar-refractivity contribution in [1.29, 1.82) is 0 Å². The molecule has 2 aliphatic heterocycles. The minimum atomic E-state index is -5.24. The highest BCUT2D eigenvalue weighted by Gasteiger charge is 2.53. The number of benzene rings is 5. The number of nitrogens with zero attached hydrogens (tertiary/aromatic N) is 4. The Labute approximate surface area is 488 Å². The molecule has 0 saturated heterocycles. The van der Waals surface area contributed by atoms with E-state index in [9.17, 15) is 61.5 Å². The van der Waals surface area contributed by atoms with Gasteiger partial charge < -0.3 is 15.4 Å². The molecule has 6 N–H and O–H groups in total. The van der Waals surface area contributed by atoms with Gasteiger partial charge >= 0.3 is 0 Å². The normalized spacial score (nSPS) is 16.1. The highest BCUT2D eigenvalue weighted by molar-refractivity contribution is 7.87. The van der Waals surface area contributed by atoms with Gasteiger partial charge in [0, 0.05) is 17.0 Å². The van der Waals surface area contributed by atoms with Crippen molar-refractivity contribution in [2.75, 3.05) is 16.6 Å². The van der Waals surface area contributed by atoms with Crippen LogP contribution < -0.4 is 25.4 Å². The molecule has 0 spiro atoms. The van der Waals surface area contributed by atoms with Gasteiger partial charge in [0.25, 0.3) is 64.1 Å². The number of nitrogens with one attached hydrogen (secondary N) is 2. The maximum atomic E-state index is 15.3. The highest BCUT2D eigenvalue weighted by Crippen LogP contribution is 2.43. The first-order valence-electron chi connectivity index (χ1n) is 27.4. The first kappa shape index (κ1) is 64.3. The van der Waals surface area contributed by atoms with Gasteiger partial charge in [-0.2, -0.15) is 53.9 Å². The topological polar surface area (TPSA) is 350 Å². The predicted molar refractivity (Wildman–Crippen MR) is 311 cm³/mol. The first-order chi connectivity index (χ1) is 39.8. The summed E-state index contributed by atoms with van der Waals surface area (Å²) in [7, 11) is -21.0. The minimum absolute atomic E-state index is 0.120. The third-order valence-electron chi connectivity index (χ3n) is 14.2. The van der Waals surface area contributed by atoms with Gasteiger partial charge in [0.05, 0.1) is 37.6 Å². The van der Waals surface area contributed by atoms with E-state index in [0.29, 0.717) is 48.8 Å². The van der Waals surface area contributed by atoms with E-state index in [4.69, 9.17) is 4.74 Å². The van der Waals surface area contributed by atoms with Crippen LogP contribution in [0.2, 0.25) is 0 Å². The molecule has 0 fully saturated rings. The molecule has 7 rings (SSSR count). The summed E-state index contributed by atoms with van der Waals surface area (Å²) >= 11 is 0. The average Bonchev–Trinajstić information content (AvgIpc) is 4.18. The van der Waals surface area contributed by atoms with Crippen LogP contribution in [0.4, 0.5) is 11.4 Å². The van der Waals surface area contributed by atoms with Gasteiger partial charge in [-0.15, -0.1) is 0 Å². The molecule has 0 saturated carbocycles. The van der Waals surface area contributed by atoms with Gasteiger partial charge in [-0.3, -0.25) is 37.4 Å². The lowest BCUT2D eigenvalue weighted by molar-refractivity contribution is -0.122. The van der Waals surface area contributed by atoms with E-state index in [0.717, 1.165) is 42.1 Å². The van der Waals surface area contributed by atoms with Crippen molar-refractivity contribution in [2.45, 2.75) is 135 Å². The van der Waals surface area contributed by atoms with Crippen LogP contribution in [0.15, 0.2) is 151 Å². The summed E-state index contributed by atoms with van der Waals surface area (Å²) in [6.45, 7) is 2.56. The number of unbranched alkanes of at least 4 members (excludes halogenated alkanes) is 15. The van der Waals surface area contributed by atoms with Gasteiger partial charge in [-0.1, -0.05) is 152 Å². The standard InChI is InChI=1S/C57H66N6O17S4/c1-2-3-4-5-6-7-8-9-10-11-12-13-14-15-16-23-32-80-44-30-28-39(29-31-44)49(50-52(60-62(56(50)66)42-24-19-17-20-25-42)58-54(64)40-33-45(81(68,69)70)37-46(34-40)82(71,72)73)51-53(61-63(57(51)67)43-26-21-18-22-27-43)59-55(65)41-35-47(83(74,75)76)38-48(36-41)84(77,78)79/h17-22,24-31,33-38,49-51H,2-16,23,32H2,1H3,(H,58,60,64)(H,59,61,65)(H,68,69,70)(H,71,72,73)(H,74,75,76)(H,77,78,79). The van der Waals surface area contributed by atoms with Crippen LogP contribution in [0.5, 0.6) is 5.75 Å². The Kier molecular flexibility index (Phi) is 21.9. The molecule has 2 heterocycles. The fourth-order valence-corrected chi connectivity index (χ4v) is 12.2. The quantitative estimate of drug-likeness (QED) is 0.0192. The Balaban J connectivity index is 1.22. The van der Waals surface area contributed by atoms with Gasteiger partial charge in [-0.25, -0.2) is 0 Å². The van der Waals surface area contributed by atoms with Crippen LogP contribution in [0.1, 0.15) is 142 Å². The second kappa shape index (κ2) is 28.6. The molecular formula is C57H66N6O17S4. The number of ether oxygens (including phenoxy) is 1. The lowest BCUT2D eigenvalue weighted by Gasteiger charge is -2.29. The molecule has 2 unspecified atom stereocenters. The maximum absolute atomic E-state index is 15.3. The van der Waals surface area contributed by atoms with Crippen LogP contribution in [0.25, 0.3) is 0 Å². The number of amides is 4. The number of hydrogen-bond acceptors (Lipinski definition) is 15. The van der Waals surface area contributed by atoms with Gasteiger partial charge in [-0.05, 0) is 84.8 Å². The van der Waals surface area contributed by atoms with E-state index < -0.39 is 124 Å². The third-order valence-corrected chi connectivity index (χ3v) is 17.5. The van der Waals surface area contributed by atoms with E-state index in [1.807, 2.05) is 0 Å².